The minimum Gasteiger partial charge on any atom is -0.354 e. The first-order chi connectivity index (χ1) is 12.6. The molecule has 0 atom stereocenters. The van der Waals surface area contributed by atoms with E-state index < -0.39 is 10.0 Å². The van der Waals surface area contributed by atoms with Crippen LogP contribution in [0.1, 0.15) is 43.9 Å². The fourth-order valence-corrected chi connectivity index (χ4v) is 6.32. The van der Waals surface area contributed by atoms with Gasteiger partial charge in [0.05, 0.1) is 0 Å². The second-order valence-corrected chi connectivity index (χ2v) is 10.2. The smallest absolute Gasteiger partial charge is 0.270 e. The van der Waals surface area contributed by atoms with Crippen LogP contribution in [0.3, 0.4) is 0 Å². The second kappa shape index (κ2) is 7.21. The van der Waals surface area contributed by atoms with Gasteiger partial charge < -0.3 is 9.88 Å². The summed E-state index contributed by atoms with van der Waals surface area (Å²) in [6.45, 7) is 8.02. The van der Waals surface area contributed by atoms with E-state index in [0.29, 0.717) is 39.8 Å². The number of aromatic nitrogens is 1. The van der Waals surface area contributed by atoms with E-state index in [4.69, 9.17) is 0 Å². The minimum absolute atomic E-state index is 0.0811. The lowest BCUT2D eigenvalue weighted by molar-refractivity contribution is 0.0692. The summed E-state index contributed by atoms with van der Waals surface area (Å²) in [6.07, 6.45) is 0. The Hall–Kier alpha value is -1.97. The third kappa shape index (κ3) is 3.59. The van der Waals surface area contributed by atoms with E-state index >= 15 is 0 Å². The van der Waals surface area contributed by atoms with Crippen LogP contribution in [0.4, 0.5) is 0 Å². The van der Waals surface area contributed by atoms with Crippen LogP contribution in [0.5, 0.6) is 0 Å². The van der Waals surface area contributed by atoms with Crippen LogP contribution < -0.4 is 0 Å². The number of thiophene rings is 1. The van der Waals surface area contributed by atoms with Gasteiger partial charge in [-0.15, -0.1) is 11.3 Å². The van der Waals surface area contributed by atoms with Gasteiger partial charge in [0.25, 0.3) is 15.9 Å². The number of hydrogen-bond donors (Lipinski definition) is 1. The van der Waals surface area contributed by atoms with Crippen molar-refractivity contribution >= 4 is 33.1 Å². The molecule has 9 heteroatoms. The van der Waals surface area contributed by atoms with Crippen LogP contribution in [0, 0.1) is 20.8 Å². The first-order valence-corrected chi connectivity index (χ1v) is 10.9. The Morgan fingerprint density at radius 1 is 1.07 bits per heavy atom. The zero-order valence-electron chi connectivity index (χ0n) is 15.8. The van der Waals surface area contributed by atoms with E-state index in [0.717, 1.165) is 4.88 Å². The summed E-state index contributed by atoms with van der Waals surface area (Å²) < 4.78 is 27.2. The highest BCUT2D eigenvalue weighted by atomic mass is 32.2. The highest BCUT2D eigenvalue weighted by molar-refractivity contribution is 7.91. The van der Waals surface area contributed by atoms with Gasteiger partial charge in [0.1, 0.15) is 9.90 Å². The van der Waals surface area contributed by atoms with Crippen molar-refractivity contribution in [3.8, 4) is 0 Å². The SMILES string of the molecule is CC(=O)c1c(C)[nH]c(C(=O)N2CCN(S(=O)(=O)c3ccc(C)s3)CC2)c1C. The Bertz CT molecular complexity index is 996. The summed E-state index contributed by atoms with van der Waals surface area (Å²) >= 11 is 1.25. The van der Waals surface area contributed by atoms with Crippen molar-refractivity contribution < 1.29 is 18.0 Å². The first kappa shape index (κ1) is 19.8. The minimum atomic E-state index is -3.52. The molecule has 0 spiro atoms. The van der Waals surface area contributed by atoms with Crippen LogP contribution in [-0.2, 0) is 10.0 Å². The fourth-order valence-electron chi connectivity index (χ4n) is 3.46. The van der Waals surface area contributed by atoms with E-state index in [-0.39, 0.29) is 24.8 Å². The van der Waals surface area contributed by atoms with Gasteiger partial charge in [0.15, 0.2) is 5.78 Å². The van der Waals surface area contributed by atoms with E-state index in [1.54, 1.807) is 30.9 Å². The molecule has 0 saturated carbocycles. The molecule has 27 heavy (non-hydrogen) atoms. The molecule has 1 amide bonds. The molecule has 0 radical (unpaired) electrons. The highest BCUT2D eigenvalue weighted by Gasteiger charge is 2.32. The maximum atomic E-state index is 12.9. The standard InChI is InChI=1S/C18H23N3O4S2/c1-11-5-6-15(26-11)27(24,25)21-9-7-20(8-10-21)18(23)17-12(2)16(14(4)22)13(3)19-17/h5-6,19H,7-10H2,1-4H3. The predicted octanol–water partition coefficient (Wildman–Crippen LogP) is 2.35. The van der Waals surface area contributed by atoms with Crippen molar-refractivity contribution in [3.63, 3.8) is 0 Å². The van der Waals surface area contributed by atoms with Crippen LogP contribution in [0.25, 0.3) is 0 Å². The zero-order valence-corrected chi connectivity index (χ0v) is 17.5. The average molecular weight is 410 g/mol. The maximum Gasteiger partial charge on any atom is 0.270 e. The van der Waals surface area contributed by atoms with Gasteiger partial charge in [-0.1, -0.05) is 0 Å². The van der Waals surface area contributed by atoms with Gasteiger partial charge >= 0.3 is 0 Å². The molecule has 0 bridgehead atoms. The van der Waals surface area contributed by atoms with E-state index in [9.17, 15) is 18.0 Å². The van der Waals surface area contributed by atoms with E-state index in [2.05, 4.69) is 4.98 Å². The quantitative estimate of drug-likeness (QED) is 0.785. The number of nitrogens with one attached hydrogen (secondary N) is 1. The van der Waals surface area contributed by atoms with Crippen molar-refractivity contribution in [3.05, 3.63) is 39.5 Å². The summed E-state index contributed by atoms with van der Waals surface area (Å²) in [5, 5.41) is 0. The summed E-state index contributed by atoms with van der Waals surface area (Å²) in [5.41, 5.74) is 2.28. The highest BCUT2D eigenvalue weighted by Crippen LogP contribution is 2.26. The summed E-state index contributed by atoms with van der Waals surface area (Å²) in [6, 6.07) is 3.42. The summed E-state index contributed by atoms with van der Waals surface area (Å²) in [5.74, 6) is -0.283. The molecule has 0 aromatic carbocycles. The summed E-state index contributed by atoms with van der Waals surface area (Å²) in [7, 11) is -3.52. The van der Waals surface area contributed by atoms with Gasteiger partial charge in [0, 0.05) is 42.3 Å². The van der Waals surface area contributed by atoms with Crippen molar-refractivity contribution in [2.24, 2.45) is 0 Å². The molecular formula is C18H23N3O4S2. The van der Waals surface area contributed by atoms with Gasteiger partial charge in [-0.3, -0.25) is 9.59 Å². The Morgan fingerprint density at radius 2 is 1.70 bits per heavy atom. The van der Waals surface area contributed by atoms with Crippen molar-refractivity contribution in [2.75, 3.05) is 26.2 Å². The molecule has 1 aliphatic rings. The van der Waals surface area contributed by atoms with Crippen LogP contribution in [-0.4, -0.2) is 60.5 Å². The average Bonchev–Trinajstić information content (AvgIpc) is 3.18. The number of piperazine rings is 1. The molecule has 3 rings (SSSR count). The Morgan fingerprint density at radius 3 is 2.19 bits per heavy atom. The number of H-pyrrole nitrogens is 1. The number of sulfonamides is 1. The number of aromatic amines is 1. The first-order valence-electron chi connectivity index (χ1n) is 8.69. The number of carbonyl (C=O) groups is 2. The third-order valence-corrected chi connectivity index (χ3v) is 8.21. The number of rotatable bonds is 4. The van der Waals surface area contributed by atoms with Gasteiger partial charge in [-0.2, -0.15) is 4.31 Å². The lowest BCUT2D eigenvalue weighted by atomic mass is 10.1. The Balaban J connectivity index is 1.74. The molecule has 3 heterocycles. The molecule has 146 valence electrons. The molecule has 1 fully saturated rings. The Labute approximate surface area is 163 Å². The predicted molar refractivity (Wildman–Crippen MR) is 104 cm³/mol. The molecule has 1 saturated heterocycles. The normalized spacial score (nSPS) is 15.9. The number of carbonyl (C=O) groups excluding carboxylic acids is 2. The van der Waals surface area contributed by atoms with Crippen LogP contribution in [0.2, 0.25) is 0 Å². The number of nitrogens with zero attached hydrogens (tertiary/aromatic N) is 2. The molecule has 1 N–H and O–H groups in total. The molecule has 2 aromatic heterocycles. The molecule has 1 aliphatic heterocycles. The Kier molecular flexibility index (Phi) is 5.29. The van der Waals surface area contributed by atoms with Crippen LogP contribution >= 0.6 is 11.3 Å². The topological polar surface area (TPSA) is 90.6 Å². The number of amides is 1. The number of Topliss-reactive ketones (excluding diaryl/α,β-unsaturated/α-hetero) is 1. The van der Waals surface area contributed by atoms with Crippen molar-refractivity contribution in [1.82, 2.24) is 14.2 Å². The fraction of sp³-hybridized carbons (Fsp3) is 0.444. The van der Waals surface area contributed by atoms with Gasteiger partial charge in [-0.25, -0.2) is 8.42 Å². The van der Waals surface area contributed by atoms with Gasteiger partial charge in [0.2, 0.25) is 0 Å². The van der Waals surface area contributed by atoms with E-state index in [1.807, 2.05) is 6.92 Å². The molecule has 7 nitrogen and oxygen atoms in total. The number of ketones is 1. The van der Waals surface area contributed by atoms with E-state index in [1.165, 1.54) is 22.6 Å². The van der Waals surface area contributed by atoms with Crippen LogP contribution in [0.15, 0.2) is 16.3 Å². The largest absolute Gasteiger partial charge is 0.354 e. The zero-order chi connectivity index (χ0) is 19.9. The molecular weight excluding hydrogens is 386 g/mol. The lowest BCUT2D eigenvalue weighted by Gasteiger charge is -2.33. The molecule has 2 aromatic rings. The second-order valence-electron chi connectivity index (χ2n) is 6.74. The van der Waals surface area contributed by atoms with Crippen molar-refractivity contribution in [2.45, 2.75) is 31.9 Å². The maximum absolute atomic E-state index is 12.9. The van der Waals surface area contributed by atoms with Gasteiger partial charge in [-0.05, 0) is 45.4 Å². The monoisotopic (exact) mass is 409 g/mol. The lowest BCUT2D eigenvalue weighted by Crippen LogP contribution is -2.50. The van der Waals surface area contributed by atoms with Crippen molar-refractivity contribution in [1.29, 1.82) is 0 Å². The molecule has 0 aliphatic carbocycles. The third-order valence-electron chi connectivity index (χ3n) is 4.84. The summed E-state index contributed by atoms with van der Waals surface area (Å²) in [4.78, 5) is 30.2. The number of hydrogen-bond acceptors (Lipinski definition) is 5. The molecule has 0 unspecified atom stereocenters. The number of aryl methyl sites for hydroxylation is 2.